The molecular formula is C31H30N4O3S. The summed E-state index contributed by atoms with van der Waals surface area (Å²) in [5.74, 6) is -0.305. The van der Waals surface area contributed by atoms with Gasteiger partial charge in [-0.1, -0.05) is 63.2 Å². The maximum atomic E-state index is 13.5. The second kappa shape index (κ2) is 10.0. The average Bonchev–Trinajstić information content (AvgIpc) is 3.29. The molecule has 198 valence electrons. The number of aromatic nitrogens is 2. The quantitative estimate of drug-likeness (QED) is 0.219. The lowest BCUT2D eigenvalue weighted by Crippen LogP contribution is -2.15. The Morgan fingerprint density at radius 3 is 2.31 bits per heavy atom. The number of nitrogens with one attached hydrogen (secondary N) is 3. The Kier molecular flexibility index (Phi) is 6.74. The second-order valence-corrected chi connectivity index (χ2v) is 12.2. The lowest BCUT2D eigenvalue weighted by molar-refractivity contribution is 0.102. The van der Waals surface area contributed by atoms with Crippen molar-refractivity contribution in [1.82, 2.24) is 9.97 Å². The van der Waals surface area contributed by atoms with Crippen molar-refractivity contribution in [2.24, 2.45) is 0 Å². The molecule has 0 fully saturated rings. The molecule has 0 aliphatic heterocycles. The molecule has 0 saturated carbocycles. The first-order chi connectivity index (χ1) is 18.5. The molecule has 3 aromatic carbocycles. The fourth-order valence-electron chi connectivity index (χ4n) is 4.48. The first-order valence-electron chi connectivity index (χ1n) is 12.6. The van der Waals surface area contributed by atoms with E-state index in [-0.39, 0.29) is 16.2 Å². The van der Waals surface area contributed by atoms with Gasteiger partial charge >= 0.3 is 0 Å². The molecule has 3 N–H and O–H groups in total. The molecule has 0 aliphatic carbocycles. The zero-order valence-corrected chi connectivity index (χ0v) is 23.1. The molecule has 0 spiro atoms. The maximum absolute atomic E-state index is 13.5. The standard InChI is InChI=1S/C31H30N4O3S/c1-20-19-32-17-16-26(20)34-30(36)29-28(21-8-6-5-7-9-21)25-18-23(12-15-27(25)33-29)35-39(37,38)24-13-10-22(11-14-24)31(2,3)4/h5-19,33,35H,1-4H3,(H,32,34,36). The number of sulfonamides is 1. The first kappa shape index (κ1) is 26.2. The van der Waals surface area contributed by atoms with E-state index >= 15 is 0 Å². The van der Waals surface area contributed by atoms with E-state index < -0.39 is 10.0 Å². The predicted molar refractivity (Wildman–Crippen MR) is 157 cm³/mol. The van der Waals surface area contributed by atoms with E-state index in [4.69, 9.17) is 0 Å². The Morgan fingerprint density at radius 1 is 0.923 bits per heavy atom. The van der Waals surface area contributed by atoms with Gasteiger partial charge in [-0.15, -0.1) is 0 Å². The van der Waals surface area contributed by atoms with Crippen LogP contribution in [0.4, 0.5) is 11.4 Å². The highest BCUT2D eigenvalue weighted by atomic mass is 32.2. The van der Waals surface area contributed by atoms with E-state index in [0.29, 0.717) is 28.1 Å². The van der Waals surface area contributed by atoms with Crippen molar-refractivity contribution in [2.75, 3.05) is 10.0 Å². The number of benzene rings is 3. The molecule has 2 aromatic heterocycles. The third-order valence-electron chi connectivity index (χ3n) is 6.64. The van der Waals surface area contributed by atoms with Gasteiger partial charge in [-0.3, -0.25) is 14.5 Å². The highest BCUT2D eigenvalue weighted by Crippen LogP contribution is 2.35. The largest absolute Gasteiger partial charge is 0.350 e. The number of carbonyl (C=O) groups excluding carboxylic acids is 1. The molecule has 5 aromatic rings. The number of pyridine rings is 1. The van der Waals surface area contributed by atoms with Crippen LogP contribution in [0.15, 0.2) is 96.2 Å². The normalized spacial score (nSPS) is 11.9. The number of fused-ring (bicyclic) bond motifs is 1. The third kappa shape index (κ3) is 5.42. The Bertz CT molecular complexity index is 1770. The molecular weight excluding hydrogens is 508 g/mol. The number of anilines is 2. The fraction of sp³-hybridized carbons (Fsp3) is 0.161. The highest BCUT2D eigenvalue weighted by Gasteiger charge is 2.22. The minimum Gasteiger partial charge on any atom is -0.350 e. The number of aryl methyl sites for hydroxylation is 1. The van der Waals surface area contributed by atoms with Crippen molar-refractivity contribution in [3.8, 4) is 11.1 Å². The van der Waals surface area contributed by atoms with Crippen molar-refractivity contribution in [2.45, 2.75) is 38.0 Å². The van der Waals surface area contributed by atoms with Gasteiger partial charge in [-0.2, -0.15) is 0 Å². The molecule has 7 nitrogen and oxygen atoms in total. The molecule has 0 saturated heterocycles. The van der Waals surface area contributed by atoms with Gasteiger partial charge in [0.1, 0.15) is 5.69 Å². The number of nitrogens with zero attached hydrogens (tertiary/aromatic N) is 1. The van der Waals surface area contributed by atoms with Crippen molar-refractivity contribution in [1.29, 1.82) is 0 Å². The van der Waals surface area contributed by atoms with Gasteiger partial charge in [0.05, 0.1) is 4.90 Å². The summed E-state index contributed by atoms with van der Waals surface area (Å²) in [5, 5.41) is 3.69. The summed E-state index contributed by atoms with van der Waals surface area (Å²) >= 11 is 0. The molecule has 0 aliphatic rings. The van der Waals surface area contributed by atoms with Gasteiger partial charge in [0.25, 0.3) is 15.9 Å². The van der Waals surface area contributed by atoms with Crippen LogP contribution in [0.5, 0.6) is 0 Å². The van der Waals surface area contributed by atoms with Crippen LogP contribution in [-0.2, 0) is 15.4 Å². The Balaban J connectivity index is 1.54. The topological polar surface area (TPSA) is 104 Å². The van der Waals surface area contributed by atoms with Crippen LogP contribution in [0.2, 0.25) is 0 Å². The van der Waals surface area contributed by atoms with Crippen molar-refractivity contribution < 1.29 is 13.2 Å². The van der Waals surface area contributed by atoms with E-state index in [1.54, 1.807) is 48.8 Å². The van der Waals surface area contributed by atoms with Gasteiger partial charge in [0, 0.05) is 40.2 Å². The molecule has 8 heteroatoms. The summed E-state index contributed by atoms with van der Waals surface area (Å²) in [6.07, 6.45) is 3.31. The van der Waals surface area contributed by atoms with Gasteiger partial charge in [0.15, 0.2) is 0 Å². The van der Waals surface area contributed by atoms with Crippen LogP contribution in [0.25, 0.3) is 22.0 Å². The number of aromatic amines is 1. The second-order valence-electron chi connectivity index (χ2n) is 10.5. The van der Waals surface area contributed by atoms with Crippen LogP contribution in [-0.4, -0.2) is 24.3 Å². The number of amides is 1. The molecule has 0 unspecified atom stereocenters. The first-order valence-corrected chi connectivity index (χ1v) is 14.1. The van der Waals surface area contributed by atoms with Crippen molar-refractivity contribution in [3.63, 3.8) is 0 Å². The monoisotopic (exact) mass is 538 g/mol. The molecule has 0 radical (unpaired) electrons. The molecule has 0 bridgehead atoms. The smallest absolute Gasteiger partial charge is 0.272 e. The maximum Gasteiger partial charge on any atom is 0.272 e. The zero-order chi connectivity index (χ0) is 27.8. The summed E-state index contributed by atoms with van der Waals surface area (Å²) in [6.45, 7) is 8.12. The highest BCUT2D eigenvalue weighted by molar-refractivity contribution is 7.92. The summed E-state index contributed by atoms with van der Waals surface area (Å²) in [6, 6.07) is 23.4. The van der Waals surface area contributed by atoms with Crippen LogP contribution in [0.3, 0.4) is 0 Å². The lowest BCUT2D eigenvalue weighted by atomic mass is 9.87. The number of hydrogen-bond acceptors (Lipinski definition) is 4. The van der Waals surface area contributed by atoms with Gasteiger partial charge in [0.2, 0.25) is 0 Å². The summed E-state index contributed by atoms with van der Waals surface area (Å²) in [4.78, 5) is 21.0. The summed E-state index contributed by atoms with van der Waals surface area (Å²) in [5.41, 5.74) is 5.49. The van der Waals surface area contributed by atoms with E-state index in [1.165, 1.54) is 0 Å². The SMILES string of the molecule is Cc1cnccc1NC(=O)c1[nH]c2ccc(NS(=O)(=O)c3ccc(C(C)(C)C)cc3)cc2c1-c1ccccc1. The molecule has 1 amide bonds. The predicted octanol–water partition coefficient (Wildman–Crippen LogP) is 6.89. The minimum atomic E-state index is -3.82. The average molecular weight is 539 g/mol. The number of H-pyrrole nitrogens is 1. The molecule has 39 heavy (non-hydrogen) atoms. The van der Waals surface area contributed by atoms with Crippen LogP contribution in [0.1, 0.15) is 42.4 Å². The fourth-order valence-corrected chi connectivity index (χ4v) is 5.53. The van der Waals surface area contributed by atoms with Gasteiger partial charge < -0.3 is 10.3 Å². The van der Waals surface area contributed by atoms with Gasteiger partial charge in [-0.25, -0.2) is 8.42 Å². The van der Waals surface area contributed by atoms with Crippen LogP contribution < -0.4 is 10.0 Å². The van der Waals surface area contributed by atoms with E-state index in [1.807, 2.05) is 49.4 Å². The van der Waals surface area contributed by atoms with Crippen LogP contribution in [0, 0.1) is 6.92 Å². The number of carbonyl (C=O) groups is 1. The Morgan fingerprint density at radius 2 is 1.64 bits per heavy atom. The van der Waals surface area contributed by atoms with E-state index in [9.17, 15) is 13.2 Å². The number of rotatable bonds is 6. The third-order valence-corrected chi connectivity index (χ3v) is 8.04. The zero-order valence-electron chi connectivity index (χ0n) is 22.2. The van der Waals surface area contributed by atoms with Gasteiger partial charge in [-0.05, 0) is 65.4 Å². The molecule has 5 rings (SSSR count). The van der Waals surface area contributed by atoms with Crippen molar-refractivity contribution >= 4 is 38.2 Å². The van der Waals surface area contributed by atoms with Crippen molar-refractivity contribution in [3.05, 3.63) is 108 Å². The minimum absolute atomic E-state index is 0.0804. The Hall–Kier alpha value is -4.43. The Labute approximate surface area is 228 Å². The van der Waals surface area contributed by atoms with E-state index in [0.717, 1.165) is 22.1 Å². The summed E-state index contributed by atoms with van der Waals surface area (Å²) in [7, 11) is -3.82. The lowest BCUT2D eigenvalue weighted by Gasteiger charge is -2.19. The van der Waals surface area contributed by atoms with Crippen LogP contribution >= 0.6 is 0 Å². The number of hydrogen-bond donors (Lipinski definition) is 3. The van der Waals surface area contributed by atoms with E-state index in [2.05, 4.69) is 40.8 Å². The molecule has 2 heterocycles. The molecule has 0 atom stereocenters. The summed E-state index contributed by atoms with van der Waals surface area (Å²) < 4.78 is 29.1.